The third-order valence-electron chi connectivity index (χ3n) is 12.0. The molecule has 2 aromatic heterocycles. The number of ether oxygens (including phenoxy) is 2. The highest BCUT2D eigenvalue weighted by molar-refractivity contribution is 6.98. The van der Waals surface area contributed by atoms with Crippen molar-refractivity contribution in [2.45, 2.75) is 89.9 Å². The lowest BCUT2D eigenvalue weighted by molar-refractivity contribution is 0.402. The fourth-order valence-electron chi connectivity index (χ4n) is 10.4. The van der Waals surface area contributed by atoms with E-state index in [0.29, 0.717) is 17.7 Å². The van der Waals surface area contributed by atoms with Crippen LogP contribution in [0.2, 0.25) is 0 Å². The van der Waals surface area contributed by atoms with Gasteiger partial charge in [0, 0.05) is 10.8 Å². The molecular formula is C42H40BN3O2. The van der Waals surface area contributed by atoms with Crippen molar-refractivity contribution in [2.24, 2.45) is 0 Å². The van der Waals surface area contributed by atoms with E-state index >= 15 is 0 Å². The fourth-order valence-corrected chi connectivity index (χ4v) is 10.4. The van der Waals surface area contributed by atoms with E-state index < -0.39 is 0 Å². The van der Waals surface area contributed by atoms with Crippen molar-refractivity contribution in [3.8, 4) is 29.2 Å². The molecule has 0 atom stereocenters. The number of hydrogen-bond donors (Lipinski definition) is 0. The molecular weight excluding hydrogens is 589 g/mol. The predicted molar refractivity (Wildman–Crippen MR) is 195 cm³/mol. The highest BCUT2D eigenvalue weighted by Crippen LogP contribution is 2.52. The molecule has 48 heavy (non-hydrogen) atoms. The molecule has 238 valence electrons. The summed E-state index contributed by atoms with van der Waals surface area (Å²) in [6.07, 6.45) is 2.19. The van der Waals surface area contributed by atoms with Crippen molar-refractivity contribution >= 4 is 44.9 Å². The molecule has 0 saturated carbocycles. The SMILES string of the molecule is CC1(C)CC(C)(C)c2cc3c(cc21)Oc1nc(-n2c4ccccc4c4ccccc42)nc2c1B3c1cc3c(cc1O2)C(C)(C)CC3(C)C. The van der Waals surface area contributed by atoms with Gasteiger partial charge in [0.25, 0.3) is 6.71 Å². The van der Waals surface area contributed by atoms with Crippen molar-refractivity contribution < 1.29 is 9.47 Å². The van der Waals surface area contributed by atoms with Gasteiger partial charge in [-0.1, -0.05) is 104 Å². The van der Waals surface area contributed by atoms with Crippen LogP contribution in [0, 0.1) is 0 Å². The summed E-state index contributed by atoms with van der Waals surface area (Å²) in [5.74, 6) is 3.49. The Bertz CT molecular complexity index is 2270. The highest BCUT2D eigenvalue weighted by Gasteiger charge is 2.49. The van der Waals surface area contributed by atoms with Gasteiger partial charge in [0.2, 0.25) is 17.7 Å². The van der Waals surface area contributed by atoms with Gasteiger partial charge in [-0.15, -0.1) is 0 Å². The molecule has 6 aromatic rings. The van der Waals surface area contributed by atoms with Gasteiger partial charge in [-0.2, -0.15) is 9.97 Å². The summed E-state index contributed by atoms with van der Waals surface area (Å²) in [5, 5.41) is 2.33. The standard InChI is InChI=1S/C42H40BN3O2/c1-39(2)21-41(5,6)27-19-33-29(17-25(27)39)43-30-18-26-28(42(7,8)22-40(26,3)4)20-34(30)48-37-35(43)36(47-33)44-38(45-37)46-31-15-11-9-13-23(31)24-14-10-12-16-32(24)46/h9-20H,21-22H2,1-8H3. The Kier molecular flexibility index (Phi) is 5.16. The summed E-state index contributed by atoms with van der Waals surface area (Å²) < 4.78 is 16.0. The van der Waals surface area contributed by atoms with E-state index in [4.69, 9.17) is 19.4 Å². The van der Waals surface area contributed by atoms with Gasteiger partial charge in [0.1, 0.15) is 11.5 Å². The minimum Gasteiger partial charge on any atom is -0.440 e. The van der Waals surface area contributed by atoms with Gasteiger partial charge in [-0.25, -0.2) is 0 Å². The first-order valence-electron chi connectivity index (χ1n) is 17.4. The summed E-state index contributed by atoms with van der Waals surface area (Å²) in [6.45, 7) is 18.9. The number of benzene rings is 4. The number of hydrogen-bond acceptors (Lipinski definition) is 4. The van der Waals surface area contributed by atoms with E-state index in [9.17, 15) is 0 Å². The molecule has 4 aromatic carbocycles. The van der Waals surface area contributed by atoms with Crippen molar-refractivity contribution in [1.82, 2.24) is 14.5 Å². The Balaban J connectivity index is 1.27. The molecule has 0 amide bonds. The van der Waals surface area contributed by atoms with E-state index in [1.807, 2.05) is 0 Å². The van der Waals surface area contributed by atoms with E-state index in [1.54, 1.807) is 0 Å². The van der Waals surface area contributed by atoms with Crippen LogP contribution in [-0.2, 0) is 21.7 Å². The average Bonchev–Trinajstić information content (AvgIpc) is 3.52. The molecule has 0 N–H and O–H groups in total. The van der Waals surface area contributed by atoms with Crippen LogP contribution in [-0.4, -0.2) is 21.2 Å². The first-order chi connectivity index (χ1) is 22.7. The molecule has 0 radical (unpaired) electrons. The fraction of sp³-hybridized carbons (Fsp3) is 0.333. The van der Waals surface area contributed by atoms with Crippen molar-refractivity contribution in [3.63, 3.8) is 0 Å². The number of para-hydroxylation sites is 2. The Hall–Kier alpha value is -4.58. The number of aromatic nitrogens is 3. The molecule has 0 spiro atoms. The average molecular weight is 630 g/mol. The molecule has 2 aliphatic heterocycles. The van der Waals surface area contributed by atoms with Crippen LogP contribution in [0.1, 0.15) is 90.5 Å². The molecule has 2 aliphatic carbocycles. The minimum absolute atomic E-state index is 0.0481. The molecule has 0 unspecified atom stereocenters. The lowest BCUT2D eigenvalue weighted by atomic mass is 9.35. The molecule has 0 fully saturated rings. The smallest absolute Gasteiger partial charge is 0.265 e. The van der Waals surface area contributed by atoms with Gasteiger partial charge in [-0.3, -0.25) is 4.57 Å². The predicted octanol–water partition coefficient (Wildman–Crippen LogP) is 8.22. The van der Waals surface area contributed by atoms with E-state index in [-0.39, 0.29) is 28.4 Å². The zero-order chi connectivity index (χ0) is 33.1. The summed E-state index contributed by atoms with van der Waals surface area (Å²) in [5.41, 5.74) is 11.2. The van der Waals surface area contributed by atoms with Crippen LogP contribution in [0.25, 0.3) is 27.8 Å². The van der Waals surface area contributed by atoms with Gasteiger partial charge in [0.15, 0.2) is 0 Å². The summed E-state index contributed by atoms with van der Waals surface area (Å²) in [7, 11) is 0. The number of fused-ring (bicyclic) bond motifs is 9. The quantitative estimate of drug-likeness (QED) is 0.172. The summed E-state index contributed by atoms with van der Waals surface area (Å²) >= 11 is 0. The topological polar surface area (TPSA) is 49.2 Å². The molecule has 4 heterocycles. The molecule has 0 saturated heterocycles. The normalized spacial score (nSPS) is 19.6. The van der Waals surface area contributed by atoms with Crippen LogP contribution in [0.15, 0.2) is 72.8 Å². The second-order valence-corrected chi connectivity index (χ2v) is 17.3. The Morgan fingerprint density at radius 1 is 0.562 bits per heavy atom. The van der Waals surface area contributed by atoms with Crippen LogP contribution in [0.5, 0.6) is 23.3 Å². The van der Waals surface area contributed by atoms with E-state index in [2.05, 4.69) is 133 Å². The first-order valence-corrected chi connectivity index (χ1v) is 17.4. The highest BCUT2D eigenvalue weighted by atomic mass is 16.5. The third-order valence-corrected chi connectivity index (χ3v) is 12.0. The lowest BCUT2D eigenvalue weighted by Crippen LogP contribution is -2.58. The van der Waals surface area contributed by atoms with E-state index in [1.165, 1.54) is 44.0 Å². The second kappa shape index (κ2) is 8.71. The Morgan fingerprint density at radius 3 is 1.40 bits per heavy atom. The second-order valence-electron chi connectivity index (χ2n) is 17.3. The zero-order valence-electron chi connectivity index (χ0n) is 29.1. The van der Waals surface area contributed by atoms with E-state index in [0.717, 1.165) is 40.8 Å². The maximum Gasteiger partial charge on any atom is 0.265 e. The number of nitrogens with zero attached hydrogens (tertiary/aromatic N) is 3. The summed E-state index contributed by atoms with van der Waals surface area (Å²) in [6, 6.07) is 26.4. The zero-order valence-corrected chi connectivity index (χ0v) is 29.1. The Labute approximate surface area is 282 Å². The van der Waals surface area contributed by atoms with Crippen LogP contribution in [0.3, 0.4) is 0 Å². The van der Waals surface area contributed by atoms with Gasteiger partial charge in [-0.05, 0) is 91.9 Å². The molecule has 10 rings (SSSR count). The van der Waals surface area contributed by atoms with Crippen molar-refractivity contribution in [2.75, 3.05) is 0 Å². The van der Waals surface area contributed by atoms with Crippen molar-refractivity contribution in [1.29, 1.82) is 0 Å². The van der Waals surface area contributed by atoms with Gasteiger partial charge < -0.3 is 9.47 Å². The molecule has 4 aliphatic rings. The van der Waals surface area contributed by atoms with Crippen molar-refractivity contribution in [3.05, 3.63) is 95.1 Å². The van der Waals surface area contributed by atoms with Crippen LogP contribution >= 0.6 is 0 Å². The monoisotopic (exact) mass is 629 g/mol. The third kappa shape index (κ3) is 3.58. The van der Waals surface area contributed by atoms with Gasteiger partial charge in [0.05, 0.1) is 16.5 Å². The minimum atomic E-state index is -0.0932. The maximum absolute atomic E-state index is 6.91. The number of rotatable bonds is 1. The summed E-state index contributed by atoms with van der Waals surface area (Å²) in [4.78, 5) is 10.5. The van der Waals surface area contributed by atoms with Gasteiger partial charge >= 0.3 is 0 Å². The largest absolute Gasteiger partial charge is 0.440 e. The van der Waals surface area contributed by atoms with Crippen LogP contribution < -0.4 is 25.9 Å². The molecule has 6 heteroatoms. The van der Waals surface area contributed by atoms with Crippen LogP contribution in [0.4, 0.5) is 0 Å². The molecule has 0 bridgehead atoms. The first kappa shape index (κ1) is 28.4. The Morgan fingerprint density at radius 2 is 0.958 bits per heavy atom. The lowest BCUT2D eigenvalue weighted by Gasteiger charge is -2.34. The molecule has 5 nitrogen and oxygen atoms in total. The maximum atomic E-state index is 6.91.